The summed E-state index contributed by atoms with van der Waals surface area (Å²) >= 11 is 0. The van der Waals surface area contributed by atoms with Gasteiger partial charge in [-0.15, -0.1) is 0 Å². The lowest BCUT2D eigenvalue weighted by atomic mass is 10.3. The maximum atomic E-state index is 12.7. The van der Waals surface area contributed by atoms with Crippen LogP contribution >= 0.6 is 0 Å². The summed E-state index contributed by atoms with van der Waals surface area (Å²) in [5.74, 6) is -0.403. The molecule has 1 fully saturated rings. The maximum absolute atomic E-state index is 12.7. The summed E-state index contributed by atoms with van der Waals surface area (Å²) in [7, 11) is 0. The first-order valence-corrected chi connectivity index (χ1v) is 5.67. The monoisotopic (exact) mass is 237 g/mol. The van der Waals surface area contributed by atoms with Crippen LogP contribution in [-0.2, 0) is 4.79 Å². The number of hydrogen-bond donors (Lipinski definition) is 2. The first kappa shape index (κ1) is 12.0. The molecule has 0 unspecified atom stereocenters. The van der Waals surface area contributed by atoms with Crippen LogP contribution in [0.1, 0.15) is 6.42 Å². The molecule has 0 saturated carbocycles. The van der Waals surface area contributed by atoms with Gasteiger partial charge in [0.25, 0.3) is 0 Å². The minimum absolute atomic E-state index is 0.0919. The molecule has 1 atom stereocenters. The summed E-state index contributed by atoms with van der Waals surface area (Å²) in [6.45, 7) is 1.96. The van der Waals surface area contributed by atoms with E-state index in [2.05, 4.69) is 5.32 Å². The van der Waals surface area contributed by atoms with Gasteiger partial charge >= 0.3 is 0 Å². The van der Waals surface area contributed by atoms with Gasteiger partial charge in [-0.3, -0.25) is 9.69 Å². The summed E-state index contributed by atoms with van der Waals surface area (Å²) in [5, 5.41) is 2.72. The predicted octanol–water partition coefficient (Wildman–Crippen LogP) is 0.797. The van der Waals surface area contributed by atoms with E-state index in [1.54, 1.807) is 12.1 Å². The van der Waals surface area contributed by atoms with Crippen LogP contribution < -0.4 is 11.1 Å². The van der Waals surface area contributed by atoms with Gasteiger partial charge in [-0.2, -0.15) is 0 Å². The van der Waals surface area contributed by atoms with E-state index in [4.69, 9.17) is 5.73 Å². The van der Waals surface area contributed by atoms with Gasteiger partial charge in [0.2, 0.25) is 5.91 Å². The molecule has 0 aromatic heterocycles. The average Bonchev–Trinajstić information content (AvgIpc) is 2.67. The molecule has 0 aliphatic carbocycles. The number of nitrogens with zero attached hydrogens (tertiary/aromatic N) is 1. The van der Waals surface area contributed by atoms with Crippen LogP contribution in [0.2, 0.25) is 0 Å². The number of likely N-dealkylation sites (tertiary alicyclic amines) is 1. The minimum atomic E-state index is -0.312. The van der Waals surface area contributed by atoms with E-state index in [1.807, 2.05) is 4.90 Å². The van der Waals surface area contributed by atoms with Gasteiger partial charge in [-0.25, -0.2) is 4.39 Å². The molecule has 17 heavy (non-hydrogen) atoms. The van der Waals surface area contributed by atoms with Crippen molar-refractivity contribution in [2.75, 3.05) is 25.0 Å². The molecule has 0 bridgehead atoms. The number of benzene rings is 1. The quantitative estimate of drug-likeness (QED) is 0.817. The van der Waals surface area contributed by atoms with Crippen molar-refractivity contribution in [3.8, 4) is 0 Å². The number of amides is 1. The van der Waals surface area contributed by atoms with Crippen LogP contribution in [0.3, 0.4) is 0 Å². The number of carbonyl (C=O) groups is 1. The van der Waals surface area contributed by atoms with Crippen LogP contribution in [0, 0.1) is 5.82 Å². The van der Waals surface area contributed by atoms with Crippen molar-refractivity contribution in [2.45, 2.75) is 12.5 Å². The van der Waals surface area contributed by atoms with E-state index in [-0.39, 0.29) is 17.8 Å². The van der Waals surface area contributed by atoms with Gasteiger partial charge in [0.05, 0.1) is 6.54 Å². The zero-order valence-electron chi connectivity index (χ0n) is 9.53. The Bertz CT molecular complexity index is 393. The molecule has 5 heteroatoms. The number of hydrogen-bond acceptors (Lipinski definition) is 3. The molecule has 1 amide bonds. The fourth-order valence-electron chi connectivity index (χ4n) is 1.94. The van der Waals surface area contributed by atoms with E-state index >= 15 is 0 Å². The highest BCUT2D eigenvalue weighted by atomic mass is 19.1. The van der Waals surface area contributed by atoms with E-state index in [9.17, 15) is 9.18 Å². The molecule has 3 N–H and O–H groups in total. The Morgan fingerprint density at radius 2 is 2.18 bits per heavy atom. The average molecular weight is 237 g/mol. The van der Waals surface area contributed by atoms with Gasteiger partial charge in [-0.1, -0.05) is 0 Å². The Morgan fingerprint density at radius 3 is 2.76 bits per heavy atom. The second kappa shape index (κ2) is 5.25. The Kier molecular flexibility index (Phi) is 3.71. The highest BCUT2D eigenvalue weighted by molar-refractivity contribution is 5.92. The van der Waals surface area contributed by atoms with Crippen LogP contribution in [0.5, 0.6) is 0 Å². The fraction of sp³-hybridized carbons (Fsp3) is 0.417. The first-order chi connectivity index (χ1) is 8.13. The summed E-state index contributed by atoms with van der Waals surface area (Å²) in [4.78, 5) is 13.7. The van der Waals surface area contributed by atoms with Crippen LogP contribution in [0.4, 0.5) is 10.1 Å². The first-order valence-electron chi connectivity index (χ1n) is 5.67. The van der Waals surface area contributed by atoms with Gasteiger partial charge in [-0.05, 0) is 30.7 Å². The van der Waals surface area contributed by atoms with Crippen molar-refractivity contribution in [1.29, 1.82) is 0 Å². The smallest absolute Gasteiger partial charge is 0.238 e. The Labute approximate surface area is 99.6 Å². The molecule has 0 spiro atoms. The summed E-state index contributed by atoms with van der Waals surface area (Å²) in [6, 6.07) is 5.91. The number of anilines is 1. The van der Waals surface area contributed by atoms with E-state index in [0.717, 1.165) is 19.5 Å². The molecule has 1 heterocycles. The topological polar surface area (TPSA) is 58.4 Å². The minimum Gasteiger partial charge on any atom is -0.326 e. The third kappa shape index (κ3) is 3.51. The van der Waals surface area contributed by atoms with Crippen molar-refractivity contribution in [2.24, 2.45) is 5.73 Å². The largest absolute Gasteiger partial charge is 0.326 e. The van der Waals surface area contributed by atoms with Crippen molar-refractivity contribution < 1.29 is 9.18 Å². The Balaban J connectivity index is 1.83. The SMILES string of the molecule is N[C@@H]1CCN(CC(=O)Nc2ccc(F)cc2)C1. The molecule has 4 nitrogen and oxygen atoms in total. The Hall–Kier alpha value is -1.46. The molecule has 1 aliphatic heterocycles. The van der Waals surface area contributed by atoms with Gasteiger partial charge in [0.15, 0.2) is 0 Å². The lowest BCUT2D eigenvalue weighted by molar-refractivity contribution is -0.117. The number of nitrogens with two attached hydrogens (primary N) is 1. The molecule has 1 aromatic rings. The maximum Gasteiger partial charge on any atom is 0.238 e. The van der Waals surface area contributed by atoms with Crippen molar-refractivity contribution in [3.05, 3.63) is 30.1 Å². The molecule has 2 rings (SSSR count). The third-order valence-electron chi connectivity index (χ3n) is 2.80. The molecular weight excluding hydrogens is 221 g/mol. The molecular formula is C12H16FN3O. The lowest BCUT2D eigenvalue weighted by Gasteiger charge is -2.14. The summed E-state index contributed by atoms with van der Waals surface area (Å²) < 4.78 is 12.7. The molecule has 1 saturated heterocycles. The van der Waals surface area contributed by atoms with Crippen molar-refractivity contribution >= 4 is 11.6 Å². The fourth-order valence-corrected chi connectivity index (χ4v) is 1.94. The number of rotatable bonds is 3. The normalized spacial score (nSPS) is 20.5. The van der Waals surface area contributed by atoms with E-state index in [1.165, 1.54) is 12.1 Å². The van der Waals surface area contributed by atoms with Crippen LogP contribution in [0.25, 0.3) is 0 Å². The number of halogens is 1. The second-order valence-electron chi connectivity index (χ2n) is 4.34. The molecule has 0 radical (unpaired) electrons. The predicted molar refractivity (Wildman–Crippen MR) is 64.1 cm³/mol. The zero-order chi connectivity index (χ0) is 12.3. The lowest BCUT2D eigenvalue weighted by Crippen LogP contribution is -2.33. The summed E-state index contributed by atoms with van der Waals surface area (Å²) in [5.41, 5.74) is 6.37. The third-order valence-corrected chi connectivity index (χ3v) is 2.80. The Morgan fingerprint density at radius 1 is 1.47 bits per heavy atom. The van der Waals surface area contributed by atoms with Crippen LogP contribution in [-0.4, -0.2) is 36.5 Å². The highest BCUT2D eigenvalue weighted by Crippen LogP contribution is 2.10. The zero-order valence-corrected chi connectivity index (χ0v) is 9.53. The number of carbonyl (C=O) groups excluding carboxylic acids is 1. The molecule has 1 aromatic carbocycles. The van der Waals surface area contributed by atoms with Gasteiger partial charge in [0, 0.05) is 24.8 Å². The van der Waals surface area contributed by atoms with Gasteiger partial charge < -0.3 is 11.1 Å². The highest BCUT2D eigenvalue weighted by Gasteiger charge is 2.20. The van der Waals surface area contributed by atoms with Crippen molar-refractivity contribution in [3.63, 3.8) is 0 Å². The number of nitrogens with one attached hydrogen (secondary N) is 1. The summed E-state index contributed by atoms with van der Waals surface area (Å²) in [6.07, 6.45) is 0.934. The van der Waals surface area contributed by atoms with Gasteiger partial charge in [0.1, 0.15) is 5.82 Å². The van der Waals surface area contributed by atoms with Crippen LogP contribution in [0.15, 0.2) is 24.3 Å². The second-order valence-corrected chi connectivity index (χ2v) is 4.34. The van der Waals surface area contributed by atoms with E-state index < -0.39 is 0 Å². The molecule has 92 valence electrons. The standard InChI is InChI=1S/C12H16FN3O/c13-9-1-3-11(4-2-9)15-12(17)8-16-6-5-10(14)7-16/h1-4,10H,5-8,14H2,(H,15,17)/t10-/m1/s1. The van der Waals surface area contributed by atoms with Crippen molar-refractivity contribution in [1.82, 2.24) is 4.90 Å². The molecule has 1 aliphatic rings. The van der Waals surface area contributed by atoms with E-state index in [0.29, 0.717) is 12.2 Å².